The van der Waals surface area contributed by atoms with Crippen LogP contribution < -0.4 is 0 Å². The smallest absolute Gasteiger partial charge is 0.243 e. The second-order valence-electron chi connectivity index (χ2n) is 9.02. The number of halogens is 2. The van der Waals surface area contributed by atoms with Crippen LogP contribution in [-0.2, 0) is 16.1 Å². The summed E-state index contributed by atoms with van der Waals surface area (Å²) in [6, 6.07) is 12.1. The number of carbonyl (C=O) groups is 3. The second kappa shape index (κ2) is 11.0. The number of hydrogen-bond acceptors (Lipinski definition) is 5. The van der Waals surface area contributed by atoms with Gasteiger partial charge in [0.1, 0.15) is 11.6 Å². The third-order valence-corrected chi connectivity index (χ3v) is 6.61. The molecule has 0 aliphatic carbocycles. The van der Waals surface area contributed by atoms with Crippen LogP contribution in [-0.4, -0.2) is 71.6 Å². The summed E-state index contributed by atoms with van der Waals surface area (Å²) in [5.74, 6) is -1.20. The first kappa shape index (κ1) is 24.2. The molecule has 0 radical (unpaired) electrons. The van der Waals surface area contributed by atoms with E-state index in [1.165, 1.54) is 35.2 Å². The minimum absolute atomic E-state index is 0.0594. The number of benzene rings is 2. The van der Waals surface area contributed by atoms with Crippen molar-refractivity contribution >= 4 is 17.6 Å². The first-order valence-corrected chi connectivity index (χ1v) is 11.7. The number of nitrogens with zero attached hydrogens (tertiary/aromatic N) is 3. The highest BCUT2D eigenvalue weighted by molar-refractivity contribution is 5.99. The monoisotopic (exact) mass is 469 g/mol. The normalized spacial score (nSPS) is 18.5. The van der Waals surface area contributed by atoms with Crippen LogP contribution in [0.2, 0.25) is 0 Å². The van der Waals surface area contributed by atoms with Crippen molar-refractivity contribution in [3.05, 3.63) is 71.3 Å². The number of piperidine rings is 1. The van der Waals surface area contributed by atoms with Crippen LogP contribution in [0.15, 0.2) is 48.5 Å². The quantitative estimate of drug-likeness (QED) is 0.439. The van der Waals surface area contributed by atoms with E-state index in [-0.39, 0.29) is 54.8 Å². The summed E-state index contributed by atoms with van der Waals surface area (Å²) in [4.78, 5) is 42.9. The molecule has 2 aliphatic rings. The van der Waals surface area contributed by atoms with Crippen LogP contribution in [0.5, 0.6) is 0 Å². The zero-order chi connectivity index (χ0) is 24.1. The van der Waals surface area contributed by atoms with E-state index < -0.39 is 0 Å². The summed E-state index contributed by atoms with van der Waals surface area (Å²) in [7, 11) is 0. The zero-order valence-corrected chi connectivity index (χ0v) is 19.1. The second-order valence-corrected chi connectivity index (χ2v) is 9.02. The van der Waals surface area contributed by atoms with E-state index in [0.29, 0.717) is 24.1 Å². The van der Waals surface area contributed by atoms with E-state index in [4.69, 9.17) is 0 Å². The van der Waals surface area contributed by atoms with E-state index in [0.717, 1.165) is 32.5 Å². The lowest BCUT2D eigenvalue weighted by atomic mass is 9.89. The molecule has 34 heavy (non-hydrogen) atoms. The van der Waals surface area contributed by atoms with Crippen LogP contribution in [0.4, 0.5) is 8.78 Å². The molecule has 8 heteroatoms. The van der Waals surface area contributed by atoms with Gasteiger partial charge in [0.2, 0.25) is 11.8 Å². The Bertz CT molecular complexity index is 1020. The molecule has 4 rings (SSSR count). The van der Waals surface area contributed by atoms with Crippen molar-refractivity contribution < 1.29 is 23.2 Å². The van der Waals surface area contributed by atoms with Gasteiger partial charge in [0.25, 0.3) is 0 Å². The molecule has 6 nitrogen and oxygen atoms in total. The summed E-state index contributed by atoms with van der Waals surface area (Å²) >= 11 is 0. The molecule has 0 unspecified atom stereocenters. The lowest BCUT2D eigenvalue weighted by Crippen LogP contribution is -2.54. The number of imide groups is 1. The van der Waals surface area contributed by atoms with E-state index in [1.54, 1.807) is 23.1 Å². The number of carbonyl (C=O) groups excluding carboxylic acids is 3. The largest absolute Gasteiger partial charge is 0.303 e. The zero-order valence-electron chi connectivity index (χ0n) is 19.1. The Hall–Kier alpha value is -2.97. The number of ketones is 1. The highest BCUT2D eigenvalue weighted by atomic mass is 19.1. The molecule has 2 aromatic rings. The highest BCUT2D eigenvalue weighted by Crippen LogP contribution is 2.22. The maximum atomic E-state index is 13.9. The van der Waals surface area contributed by atoms with Crippen molar-refractivity contribution in [3.8, 4) is 0 Å². The predicted molar refractivity (Wildman–Crippen MR) is 123 cm³/mol. The standard InChI is InChI=1S/C26H29F2N3O3/c27-22-8-6-19(7-9-22)26(34)20-10-14-29(15-11-20)12-3-13-31-24(32)17-30(18-25(31)33)16-21-4-1-2-5-23(21)28/h1-2,4-9,20H,3,10-18H2. The van der Waals surface area contributed by atoms with Crippen molar-refractivity contribution in [2.24, 2.45) is 5.92 Å². The van der Waals surface area contributed by atoms with Crippen molar-refractivity contribution in [1.82, 2.24) is 14.7 Å². The topological polar surface area (TPSA) is 60.9 Å². The molecule has 2 saturated heterocycles. The molecule has 2 aromatic carbocycles. The van der Waals surface area contributed by atoms with Gasteiger partial charge >= 0.3 is 0 Å². The van der Waals surface area contributed by atoms with Gasteiger partial charge in [-0.25, -0.2) is 8.78 Å². The Morgan fingerprint density at radius 3 is 2.15 bits per heavy atom. The fraction of sp³-hybridized carbons (Fsp3) is 0.423. The SMILES string of the molecule is O=C(c1ccc(F)cc1)C1CCN(CCCN2C(=O)CN(Cc3ccccc3F)CC2=O)CC1. The molecular weight excluding hydrogens is 440 g/mol. The molecule has 2 amide bonds. The van der Waals surface area contributed by atoms with Crippen molar-refractivity contribution in [3.63, 3.8) is 0 Å². The molecule has 0 spiro atoms. The fourth-order valence-electron chi connectivity index (χ4n) is 4.70. The number of rotatable bonds is 8. The summed E-state index contributed by atoms with van der Waals surface area (Å²) in [5, 5.41) is 0. The van der Waals surface area contributed by atoms with E-state index >= 15 is 0 Å². The molecule has 0 aromatic heterocycles. The van der Waals surface area contributed by atoms with Gasteiger partial charge in [-0.1, -0.05) is 18.2 Å². The maximum Gasteiger partial charge on any atom is 0.243 e. The fourth-order valence-corrected chi connectivity index (χ4v) is 4.70. The van der Waals surface area contributed by atoms with Gasteiger partial charge in [0, 0.05) is 30.1 Å². The molecule has 0 atom stereocenters. The summed E-state index contributed by atoms with van der Waals surface area (Å²) in [5.41, 5.74) is 1.02. The number of piperazine rings is 1. The molecule has 2 heterocycles. The average Bonchev–Trinajstić information content (AvgIpc) is 2.83. The Kier molecular flexibility index (Phi) is 7.80. The van der Waals surface area contributed by atoms with Gasteiger partial charge in [-0.15, -0.1) is 0 Å². The van der Waals surface area contributed by atoms with Gasteiger partial charge in [0.15, 0.2) is 5.78 Å². The van der Waals surface area contributed by atoms with Crippen molar-refractivity contribution in [1.29, 1.82) is 0 Å². The minimum Gasteiger partial charge on any atom is -0.303 e. The predicted octanol–water partition coefficient (Wildman–Crippen LogP) is 3.12. The van der Waals surface area contributed by atoms with Gasteiger partial charge in [0.05, 0.1) is 13.1 Å². The Balaban J connectivity index is 1.19. The van der Waals surface area contributed by atoms with E-state index in [1.807, 2.05) is 0 Å². The first-order valence-electron chi connectivity index (χ1n) is 11.7. The molecule has 0 saturated carbocycles. The van der Waals surface area contributed by atoms with Crippen molar-refractivity contribution in [2.45, 2.75) is 25.8 Å². The van der Waals surface area contributed by atoms with Crippen molar-refractivity contribution in [2.75, 3.05) is 39.3 Å². The Morgan fingerprint density at radius 1 is 0.853 bits per heavy atom. The van der Waals surface area contributed by atoms with Crippen LogP contribution in [0, 0.1) is 17.6 Å². The van der Waals surface area contributed by atoms with Gasteiger partial charge in [-0.05, 0) is 69.2 Å². The van der Waals surface area contributed by atoms with E-state index in [9.17, 15) is 23.2 Å². The molecular formula is C26H29F2N3O3. The third kappa shape index (κ3) is 5.93. The van der Waals surface area contributed by atoms with Gasteiger partial charge in [-0.2, -0.15) is 0 Å². The lowest BCUT2D eigenvalue weighted by Gasteiger charge is -2.34. The van der Waals surface area contributed by atoms with Crippen LogP contribution >= 0.6 is 0 Å². The lowest BCUT2D eigenvalue weighted by molar-refractivity contribution is -0.151. The van der Waals surface area contributed by atoms with E-state index in [2.05, 4.69) is 4.90 Å². The van der Waals surface area contributed by atoms with Crippen LogP contribution in [0.1, 0.15) is 35.2 Å². The molecule has 0 bridgehead atoms. The minimum atomic E-state index is -0.352. The van der Waals surface area contributed by atoms with Crippen LogP contribution in [0.25, 0.3) is 0 Å². The number of amides is 2. The molecule has 2 aliphatic heterocycles. The average molecular weight is 470 g/mol. The third-order valence-electron chi connectivity index (χ3n) is 6.61. The van der Waals surface area contributed by atoms with Crippen LogP contribution in [0.3, 0.4) is 0 Å². The maximum absolute atomic E-state index is 13.9. The number of likely N-dealkylation sites (tertiary alicyclic amines) is 1. The first-order chi connectivity index (χ1) is 16.4. The summed E-state index contributed by atoms with van der Waals surface area (Å²) in [6.07, 6.45) is 2.15. The summed E-state index contributed by atoms with van der Waals surface area (Å²) in [6.45, 7) is 3.07. The summed E-state index contributed by atoms with van der Waals surface area (Å²) < 4.78 is 27.0. The Morgan fingerprint density at radius 2 is 1.50 bits per heavy atom. The molecule has 2 fully saturated rings. The van der Waals surface area contributed by atoms with Gasteiger partial charge < -0.3 is 4.90 Å². The number of hydrogen-bond donors (Lipinski definition) is 0. The molecule has 180 valence electrons. The number of Topliss-reactive ketones (excluding diaryl/α,β-unsaturated/α-hetero) is 1. The Labute approximate surface area is 198 Å². The highest BCUT2D eigenvalue weighted by Gasteiger charge is 2.31. The van der Waals surface area contributed by atoms with Gasteiger partial charge in [-0.3, -0.25) is 24.2 Å². The molecule has 0 N–H and O–H groups in total.